The summed E-state index contributed by atoms with van der Waals surface area (Å²) in [7, 11) is 0. The van der Waals surface area contributed by atoms with Gasteiger partial charge in [-0.05, 0) is 17.2 Å². The Bertz CT molecular complexity index is 414. The minimum absolute atomic E-state index is 0.621. The third-order valence-electron chi connectivity index (χ3n) is 2.13. The highest BCUT2D eigenvalue weighted by molar-refractivity contribution is 6.16. The topological polar surface area (TPSA) is 37.3 Å². The average Bonchev–Trinajstić information content (AvgIpc) is 2.56. The summed E-state index contributed by atoms with van der Waals surface area (Å²) >= 11 is 0. The zero-order chi connectivity index (χ0) is 9.26. The minimum Gasteiger partial charge on any atom is -0.515 e. The van der Waals surface area contributed by atoms with Crippen LogP contribution in [-0.4, -0.2) is 11.4 Å². The summed E-state index contributed by atoms with van der Waals surface area (Å²) < 4.78 is 0. The average molecular weight is 172 g/mol. The number of aliphatic hydroxyl groups is 1. The number of hydrogen-bond acceptors (Lipinski definition) is 2. The quantitative estimate of drug-likeness (QED) is 0.520. The number of rotatable bonds is 1. The highest BCUT2D eigenvalue weighted by Gasteiger charge is 2.16. The van der Waals surface area contributed by atoms with Crippen LogP contribution in [0.15, 0.2) is 36.6 Å². The van der Waals surface area contributed by atoms with Crippen LogP contribution in [0.25, 0.3) is 11.1 Å². The minimum atomic E-state index is 0.621. The van der Waals surface area contributed by atoms with Crippen molar-refractivity contribution in [1.29, 1.82) is 0 Å². The van der Waals surface area contributed by atoms with Crippen molar-refractivity contribution in [3.8, 4) is 0 Å². The van der Waals surface area contributed by atoms with Crippen LogP contribution >= 0.6 is 0 Å². The maximum Gasteiger partial charge on any atom is 0.150 e. The Labute approximate surface area is 75.8 Å². The fourth-order valence-corrected chi connectivity index (χ4v) is 1.51. The number of carbonyl (C=O) groups excluding carboxylic acids is 1. The zero-order valence-corrected chi connectivity index (χ0v) is 6.90. The smallest absolute Gasteiger partial charge is 0.150 e. The number of benzene rings is 1. The van der Waals surface area contributed by atoms with E-state index in [0.29, 0.717) is 11.1 Å². The summed E-state index contributed by atoms with van der Waals surface area (Å²) in [5.74, 6) is 0. The summed E-state index contributed by atoms with van der Waals surface area (Å²) in [6, 6.07) is 7.50. The lowest BCUT2D eigenvalue weighted by atomic mass is 10.1. The van der Waals surface area contributed by atoms with Gasteiger partial charge in [0.15, 0.2) is 6.29 Å². The summed E-state index contributed by atoms with van der Waals surface area (Å²) in [5.41, 5.74) is 3.11. The van der Waals surface area contributed by atoms with Crippen molar-refractivity contribution in [2.75, 3.05) is 0 Å². The Kier molecular flexibility index (Phi) is 1.74. The van der Waals surface area contributed by atoms with E-state index >= 15 is 0 Å². The third kappa shape index (κ3) is 1.07. The van der Waals surface area contributed by atoms with Gasteiger partial charge in [-0.1, -0.05) is 24.3 Å². The highest BCUT2D eigenvalue weighted by Crippen LogP contribution is 2.33. The van der Waals surface area contributed by atoms with Crippen molar-refractivity contribution < 1.29 is 9.90 Å². The van der Waals surface area contributed by atoms with Crippen LogP contribution in [0.4, 0.5) is 0 Å². The van der Waals surface area contributed by atoms with E-state index in [-0.39, 0.29) is 0 Å². The molecule has 1 aromatic carbocycles. The molecule has 64 valence electrons. The Hall–Kier alpha value is -1.83. The molecular weight excluding hydrogens is 164 g/mol. The molecule has 0 aliphatic heterocycles. The molecule has 0 unspecified atom stereocenters. The Balaban J connectivity index is 2.67. The third-order valence-corrected chi connectivity index (χ3v) is 2.13. The molecule has 0 saturated heterocycles. The van der Waals surface area contributed by atoms with Gasteiger partial charge in [-0.15, -0.1) is 0 Å². The van der Waals surface area contributed by atoms with Gasteiger partial charge in [0.1, 0.15) is 0 Å². The van der Waals surface area contributed by atoms with Crippen molar-refractivity contribution in [3.63, 3.8) is 0 Å². The number of carbonyl (C=O) groups is 1. The van der Waals surface area contributed by atoms with Crippen LogP contribution in [0.1, 0.15) is 11.1 Å². The molecule has 0 saturated carbocycles. The predicted octanol–water partition coefficient (Wildman–Crippen LogP) is 2.18. The van der Waals surface area contributed by atoms with Crippen molar-refractivity contribution in [2.45, 2.75) is 0 Å². The largest absolute Gasteiger partial charge is 0.515 e. The first kappa shape index (κ1) is 7.80. The van der Waals surface area contributed by atoms with Crippen LogP contribution in [0.5, 0.6) is 0 Å². The summed E-state index contributed by atoms with van der Waals surface area (Å²) in [6.45, 7) is 0. The monoisotopic (exact) mass is 172 g/mol. The van der Waals surface area contributed by atoms with Gasteiger partial charge >= 0.3 is 0 Å². The van der Waals surface area contributed by atoms with Crippen LogP contribution in [0.2, 0.25) is 0 Å². The van der Waals surface area contributed by atoms with E-state index in [1.165, 1.54) is 0 Å². The molecule has 2 rings (SSSR count). The van der Waals surface area contributed by atoms with Gasteiger partial charge in [-0.25, -0.2) is 0 Å². The molecule has 1 N–H and O–H groups in total. The number of aldehydes is 1. The number of allylic oxidation sites excluding steroid dienone is 3. The highest BCUT2D eigenvalue weighted by atomic mass is 16.2. The Morgan fingerprint density at radius 2 is 1.85 bits per heavy atom. The van der Waals surface area contributed by atoms with Gasteiger partial charge in [-0.2, -0.15) is 0 Å². The van der Waals surface area contributed by atoms with E-state index in [2.05, 4.69) is 0 Å². The first-order valence-corrected chi connectivity index (χ1v) is 3.98. The SMILES string of the molecule is O=CC1=C/C(=C/O)c2ccccc21. The molecular formula is C11H8O2. The lowest BCUT2D eigenvalue weighted by molar-refractivity contribution is -0.103. The van der Waals surface area contributed by atoms with E-state index < -0.39 is 0 Å². The molecule has 0 amide bonds. The molecule has 1 aromatic rings. The number of fused-ring (bicyclic) bond motifs is 1. The first-order valence-electron chi connectivity index (χ1n) is 3.98. The summed E-state index contributed by atoms with van der Waals surface area (Å²) in [6.07, 6.45) is 3.50. The molecule has 0 atom stereocenters. The van der Waals surface area contributed by atoms with Gasteiger partial charge < -0.3 is 5.11 Å². The van der Waals surface area contributed by atoms with E-state index in [4.69, 9.17) is 5.11 Å². The van der Waals surface area contributed by atoms with Gasteiger partial charge in [0.25, 0.3) is 0 Å². The van der Waals surface area contributed by atoms with E-state index in [1.54, 1.807) is 6.08 Å². The van der Waals surface area contributed by atoms with E-state index in [0.717, 1.165) is 23.7 Å². The fourth-order valence-electron chi connectivity index (χ4n) is 1.51. The van der Waals surface area contributed by atoms with Crippen molar-refractivity contribution in [1.82, 2.24) is 0 Å². The molecule has 0 spiro atoms. The molecule has 0 bridgehead atoms. The van der Waals surface area contributed by atoms with Crippen molar-refractivity contribution in [3.05, 3.63) is 47.7 Å². The second-order valence-corrected chi connectivity index (χ2v) is 2.85. The van der Waals surface area contributed by atoms with Crippen LogP contribution in [0, 0.1) is 0 Å². The number of hydrogen-bond donors (Lipinski definition) is 1. The molecule has 0 aromatic heterocycles. The van der Waals surface area contributed by atoms with Gasteiger partial charge in [0.05, 0.1) is 6.26 Å². The molecule has 1 aliphatic rings. The van der Waals surface area contributed by atoms with E-state index in [1.807, 2.05) is 24.3 Å². The van der Waals surface area contributed by atoms with Crippen LogP contribution in [0.3, 0.4) is 0 Å². The standard InChI is InChI=1S/C11H8O2/c12-6-8-5-9(7-13)11-4-2-1-3-10(8)11/h1-7,12H/b8-6-. The van der Waals surface area contributed by atoms with Gasteiger partial charge in [0, 0.05) is 11.1 Å². The first-order chi connectivity index (χ1) is 6.36. The lowest BCUT2D eigenvalue weighted by Gasteiger charge is -1.98. The molecule has 2 nitrogen and oxygen atoms in total. The normalized spacial score (nSPS) is 16.9. The van der Waals surface area contributed by atoms with Crippen LogP contribution < -0.4 is 0 Å². The van der Waals surface area contributed by atoms with Crippen LogP contribution in [-0.2, 0) is 4.79 Å². The van der Waals surface area contributed by atoms with Crippen molar-refractivity contribution in [2.24, 2.45) is 0 Å². The van der Waals surface area contributed by atoms with Gasteiger partial charge in [-0.3, -0.25) is 4.79 Å². The van der Waals surface area contributed by atoms with E-state index in [9.17, 15) is 4.79 Å². The second-order valence-electron chi connectivity index (χ2n) is 2.85. The Morgan fingerprint density at radius 3 is 2.46 bits per heavy atom. The lowest BCUT2D eigenvalue weighted by Crippen LogP contribution is -1.83. The molecule has 0 heterocycles. The molecule has 1 aliphatic carbocycles. The predicted molar refractivity (Wildman–Crippen MR) is 51.1 cm³/mol. The van der Waals surface area contributed by atoms with Crippen molar-refractivity contribution >= 4 is 17.4 Å². The summed E-state index contributed by atoms with van der Waals surface area (Å²) in [4.78, 5) is 10.7. The summed E-state index contributed by atoms with van der Waals surface area (Å²) in [5, 5.41) is 8.90. The molecule has 13 heavy (non-hydrogen) atoms. The Morgan fingerprint density at radius 1 is 1.15 bits per heavy atom. The fraction of sp³-hybridized carbons (Fsp3) is 0. The maximum atomic E-state index is 10.7. The molecule has 0 fully saturated rings. The second kappa shape index (κ2) is 2.90. The maximum absolute atomic E-state index is 10.7. The zero-order valence-electron chi connectivity index (χ0n) is 6.90. The molecule has 0 radical (unpaired) electrons. The van der Waals surface area contributed by atoms with Gasteiger partial charge in [0.2, 0.25) is 0 Å². The number of aliphatic hydroxyl groups excluding tert-OH is 1. The molecule has 2 heteroatoms.